The lowest BCUT2D eigenvalue weighted by molar-refractivity contribution is 0.101. The van der Waals surface area contributed by atoms with Crippen LogP contribution in [0, 0.1) is 5.92 Å². The van der Waals surface area contributed by atoms with E-state index in [1.807, 2.05) is 0 Å². The van der Waals surface area contributed by atoms with Gasteiger partial charge in [-0.25, -0.2) is 0 Å². The van der Waals surface area contributed by atoms with Gasteiger partial charge in [-0.2, -0.15) is 0 Å². The quantitative estimate of drug-likeness (QED) is 0.645. The molecule has 0 bridgehead atoms. The molecule has 1 aliphatic rings. The van der Waals surface area contributed by atoms with Crippen LogP contribution in [0.3, 0.4) is 0 Å². The van der Waals surface area contributed by atoms with Crippen LogP contribution in [0.2, 0.25) is 0 Å². The molecular weight excluding hydrogens is 148 g/mol. The first-order chi connectivity index (χ1) is 5.32. The summed E-state index contributed by atoms with van der Waals surface area (Å²) in [5, 5.41) is 0. The fourth-order valence-corrected chi connectivity index (χ4v) is 2.42. The van der Waals surface area contributed by atoms with Crippen molar-refractivity contribution in [2.24, 2.45) is 11.7 Å². The van der Waals surface area contributed by atoms with Crippen molar-refractivity contribution in [3.05, 3.63) is 0 Å². The Hall–Kier alpha value is -0.0800. The minimum atomic E-state index is 0.262. The third-order valence-corrected chi connectivity index (χ3v) is 3.80. The fourth-order valence-electron chi connectivity index (χ4n) is 2.42. The topological polar surface area (TPSA) is 29.3 Å². The van der Waals surface area contributed by atoms with Crippen LogP contribution < -0.4 is 5.73 Å². The van der Waals surface area contributed by atoms with Gasteiger partial charge in [0.05, 0.1) is 0 Å². The van der Waals surface area contributed by atoms with Gasteiger partial charge in [0.1, 0.15) is 0 Å². The maximum Gasteiger partial charge on any atom is 0.0196 e. The van der Waals surface area contributed by atoms with Crippen LogP contribution in [0.15, 0.2) is 0 Å². The number of rotatable bonds is 1. The lowest BCUT2D eigenvalue weighted by Crippen LogP contribution is -2.47. The van der Waals surface area contributed by atoms with E-state index in [4.69, 9.17) is 5.73 Å². The summed E-state index contributed by atoms with van der Waals surface area (Å²) in [6, 6.07) is 0. The minimum absolute atomic E-state index is 0.262. The molecule has 1 fully saturated rings. The fraction of sp³-hybridized carbons (Fsp3) is 1.00. The van der Waals surface area contributed by atoms with Crippen LogP contribution in [0.5, 0.6) is 0 Å². The molecule has 0 aliphatic carbocycles. The molecule has 0 radical (unpaired) electrons. The molecule has 1 saturated heterocycles. The number of likely N-dealkylation sites (tertiary alicyclic amines) is 1. The standard InChI is InChI=1S/C10H22N2/c1-9(2)6-8(7-11)10(3,4)12(9)5/h8H,6-7,11H2,1-5H3. The van der Waals surface area contributed by atoms with Crippen LogP contribution in [0.4, 0.5) is 0 Å². The molecule has 1 atom stereocenters. The highest BCUT2D eigenvalue weighted by Gasteiger charge is 2.48. The Kier molecular flexibility index (Phi) is 2.26. The molecule has 0 aromatic carbocycles. The van der Waals surface area contributed by atoms with E-state index in [0.717, 1.165) is 6.54 Å². The van der Waals surface area contributed by atoms with Gasteiger partial charge in [-0.05, 0) is 53.6 Å². The van der Waals surface area contributed by atoms with Crippen molar-refractivity contribution in [2.75, 3.05) is 13.6 Å². The molecule has 2 heteroatoms. The molecule has 12 heavy (non-hydrogen) atoms. The molecule has 1 unspecified atom stereocenters. The van der Waals surface area contributed by atoms with Gasteiger partial charge < -0.3 is 5.73 Å². The second-order valence-electron chi connectivity index (χ2n) is 5.16. The summed E-state index contributed by atoms with van der Waals surface area (Å²) in [4.78, 5) is 2.46. The van der Waals surface area contributed by atoms with E-state index in [9.17, 15) is 0 Å². The Bertz CT molecular complexity index is 173. The first-order valence-electron chi connectivity index (χ1n) is 4.76. The van der Waals surface area contributed by atoms with Crippen LogP contribution in [-0.2, 0) is 0 Å². The van der Waals surface area contributed by atoms with Crippen molar-refractivity contribution in [2.45, 2.75) is 45.2 Å². The molecule has 0 aromatic heterocycles. The summed E-state index contributed by atoms with van der Waals surface area (Å²) >= 11 is 0. The highest BCUT2D eigenvalue weighted by molar-refractivity contribution is 5.04. The van der Waals surface area contributed by atoms with Crippen LogP contribution in [0.25, 0.3) is 0 Å². The highest BCUT2D eigenvalue weighted by Crippen LogP contribution is 2.42. The molecule has 1 heterocycles. The first-order valence-corrected chi connectivity index (χ1v) is 4.76. The molecule has 2 N–H and O–H groups in total. The zero-order valence-electron chi connectivity index (χ0n) is 9.02. The number of nitrogens with zero attached hydrogens (tertiary/aromatic N) is 1. The molecule has 1 rings (SSSR count). The monoisotopic (exact) mass is 170 g/mol. The Morgan fingerprint density at radius 2 is 1.83 bits per heavy atom. The molecular formula is C10H22N2. The Morgan fingerprint density at radius 3 is 2.00 bits per heavy atom. The van der Waals surface area contributed by atoms with Gasteiger partial charge in [-0.15, -0.1) is 0 Å². The summed E-state index contributed by atoms with van der Waals surface area (Å²) < 4.78 is 0. The Morgan fingerprint density at radius 1 is 1.33 bits per heavy atom. The average Bonchev–Trinajstić information content (AvgIpc) is 2.11. The van der Waals surface area contributed by atoms with E-state index in [-0.39, 0.29) is 5.54 Å². The second-order valence-corrected chi connectivity index (χ2v) is 5.16. The molecule has 0 saturated carbocycles. The molecule has 0 amide bonds. The van der Waals surface area contributed by atoms with E-state index >= 15 is 0 Å². The zero-order chi connectivity index (χ0) is 9.57. The van der Waals surface area contributed by atoms with Gasteiger partial charge >= 0.3 is 0 Å². The van der Waals surface area contributed by atoms with Gasteiger partial charge in [0, 0.05) is 11.1 Å². The maximum atomic E-state index is 5.77. The Balaban J connectivity index is 2.88. The largest absolute Gasteiger partial charge is 0.330 e. The van der Waals surface area contributed by atoms with Crippen LogP contribution in [-0.4, -0.2) is 29.6 Å². The molecule has 0 spiro atoms. The predicted octanol–water partition coefficient (Wildman–Crippen LogP) is 1.45. The Labute approximate surface area is 76.1 Å². The van der Waals surface area contributed by atoms with Crippen molar-refractivity contribution < 1.29 is 0 Å². The SMILES string of the molecule is CN1C(C)(C)CC(CN)C1(C)C. The lowest BCUT2D eigenvalue weighted by Gasteiger charge is -2.38. The number of hydrogen-bond acceptors (Lipinski definition) is 2. The summed E-state index contributed by atoms with van der Waals surface area (Å²) in [5.74, 6) is 0.637. The smallest absolute Gasteiger partial charge is 0.0196 e. The molecule has 0 aromatic rings. The van der Waals surface area contributed by atoms with Crippen molar-refractivity contribution in [1.82, 2.24) is 4.90 Å². The van der Waals surface area contributed by atoms with Crippen molar-refractivity contribution >= 4 is 0 Å². The number of hydrogen-bond donors (Lipinski definition) is 1. The molecule has 1 aliphatic heterocycles. The summed E-state index contributed by atoms with van der Waals surface area (Å²) in [7, 11) is 2.20. The zero-order valence-corrected chi connectivity index (χ0v) is 9.02. The van der Waals surface area contributed by atoms with Gasteiger partial charge in [-0.1, -0.05) is 0 Å². The van der Waals surface area contributed by atoms with E-state index in [0.29, 0.717) is 11.5 Å². The molecule has 2 nitrogen and oxygen atoms in total. The highest BCUT2D eigenvalue weighted by atomic mass is 15.3. The van der Waals surface area contributed by atoms with Crippen molar-refractivity contribution in [3.63, 3.8) is 0 Å². The summed E-state index contributed by atoms with van der Waals surface area (Å²) in [5.41, 5.74) is 6.34. The van der Waals surface area contributed by atoms with E-state index in [1.165, 1.54) is 6.42 Å². The predicted molar refractivity (Wildman–Crippen MR) is 53.1 cm³/mol. The van der Waals surface area contributed by atoms with E-state index < -0.39 is 0 Å². The minimum Gasteiger partial charge on any atom is -0.330 e. The summed E-state index contributed by atoms with van der Waals surface area (Å²) in [6.45, 7) is 9.98. The third-order valence-electron chi connectivity index (χ3n) is 3.80. The average molecular weight is 170 g/mol. The van der Waals surface area contributed by atoms with E-state index in [1.54, 1.807) is 0 Å². The summed E-state index contributed by atoms with van der Waals surface area (Å²) in [6.07, 6.45) is 1.22. The third kappa shape index (κ3) is 1.27. The van der Waals surface area contributed by atoms with Crippen LogP contribution >= 0.6 is 0 Å². The van der Waals surface area contributed by atoms with Gasteiger partial charge in [0.2, 0.25) is 0 Å². The van der Waals surface area contributed by atoms with Gasteiger partial charge in [-0.3, -0.25) is 4.90 Å². The second kappa shape index (κ2) is 2.71. The van der Waals surface area contributed by atoms with Crippen molar-refractivity contribution in [1.29, 1.82) is 0 Å². The number of nitrogens with two attached hydrogens (primary N) is 1. The molecule has 72 valence electrons. The van der Waals surface area contributed by atoms with Crippen LogP contribution in [0.1, 0.15) is 34.1 Å². The first kappa shape index (κ1) is 10.0. The van der Waals surface area contributed by atoms with Gasteiger partial charge in [0.25, 0.3) is 0 Å². The van der Waals surface area contributed by atoms with Gasteiger partial charge in [0.15, 0.2) is 0 Å². The normalized spacial score (nSPS) is 34.0. The van der Waals surface area contributed by atoms with E-state index in [2.05, 4.69) is 39.6 Å². The lowest BCUT2D eigenvalue weighted by atomic mass is 9.87. The van der Waals surface area contributed by atoms with Crippen molar-refractivity contribution in [3.8, 4) is 0 Å². The maximum absolute atomic E-state index is 5.77.